The Morgan fingerprint density at radius 3 is 2.77 bits per heavy atom. The van der Waals surface area contributed by atoms with Gasteiger partial charge in [-0.05, 0) is 18.6 Å². The van der Waals surface area contributed by atoms with E-state index in [2.05, 4.69) is 0 Å². The summed E-state index contributed by atoms with van der Waals surface area (Å²) >= 11 is 5.62. The first-order valence-corrected chi connectivity index (χ1v) is 4.73. The van der Waals surface area contributed by atoms with Gasteiger partial charge in [-0.3, -0.25) is 0 Å². The molecule has 13 heavy (non-hydrogen) atoms. The van der Waals surface area contributed by atoms with E-state index in [4.69, 9.17) is 17.3 Å². The van der Waals surface area contributed by atoms with E-state index in [1.54, 1.807) is 12.1 Å². The molecule has 1 unspecified atom stereocenters. The second-order valence-electron chi connectivity index (χ2n) is 3.06. The largest absolute Gasteiger partial charge is 0.324 e. The predicted molar refractivity (Wildman–Crippen MR) is 53.2 cm³/mol. The van der Waals surface area contributed by atoms with Gasteiger partial charge in [0.25, 0.3) is 0 Å². The van der Waals surface area contributed by atoms with Crippen LogP contribution in [0.15, 0.2) is 18.2 Å². The summed E-state index contributed by atoms with van der Waals surface area (Å²) in [5.41, 5.74) is 6.32. The molecule has 1 atom stereocenters. The van der Waals surface area contributed by atoms with Crippen molar-refractivity contribution in [3.05, 3.63) is 34.6 Å². The third kappa shape index (κ3) is 2.68. The van der Waals surface area contributed by atoms with E-state index >= 15 is 0 Å². The van der Waals surface area contributed by atoms with Crippen molar-refractivity contribution in [1.29, 1.82) is 0 Å². The molecule has 0 bridgehead atoms. The summed E-state index contributed by atoms with van der Waals surface area (Å²) < 4.78 is 13.3. The average molecular weight is 202 g/mol. The molecule has 0 aliphatic heterocycles. The Morgan fingerprint density at radius 1 is 1.54 bits per heavy atom. The van der Waals surface area contributed by atoms with Crippen LogP contribution in [0.1, 0.15) is 31.4 Å². The molecule has 3 heteroatoms. The monoisotopic (exact) mass is 201 g/mol. The van der Waals surface area contributed by atoms with E-state index in [0.717, 1.165) is 12.8 Å². The second kappa shape index (κ2) is 4.58. The molecule has 1 aromatic rings. The Hall–Kier alpha value is -0.600. The summed E-state index contributed by atoms with van der Waals surface area (Å²) in [4.78, 5) is 0. The normalized spacial score (nSPS) is 12.9. The van der Waals surface area contributed by atoms with Crippen molar-refractivity contribution in [3.8, 4) is 0 Å². The minimum Gasteiger partial charge on any atom is -0.324 e. The fourth-order valence-corrected chi connectivity index (χ4v) is 1.43. The molecule has 2 N–H and O–H groups in total. The summed E-state index contributed by atoms with van der Waals surface area (Å²) in [6, 6.07) is 4.39. The van der Waals surface area contributed by atoms with Crippen LogP contribution in [0, 0.1) is 5.82 Å². The van der Waals surface area contributed by atoms with Gasteiger partial charge >= 0.3 is 0 Å². The van der Waals surface area contributed by atoms with Crippen molar-refractivity contribution in [2.24, 2.45) is 5.73 Å². The van der Waals surface area contributed by atoms with Gasteiger partial charge in [0, 0.05) is 16.6 Å². The highest BCUT2D eigenvalue weighted by atomic mass is 35.5. The van der Waals surface area contributed by atoms with Gasteiger partial charge in [0.2, 0.25) is 0 Å². The van der Waals surface area contributed by atoms with Gasteiger partial charge < -0.3 is 5.73 Å². The highest BCUT2D eigenvalue weighted by molar-refractivity contribution is 6.30. The first-order valence-electron chi connectivity index (χ1n) is 4.35. The molecule has 0 aromatic heterocycles. The van der Waals surface area contributed by atoms with E-state index in [1.165, 1.54) is 6.07 Å². The zero-order chi connectivity index (χ0) is 9.84. The van der Waals surface area contributed by atoms with Gasteiger partial charge in [0.1, 0.15) is 5.82 Å². The lowest BCUT2D eigenvalue weighted by Crippen LogP contribution is -2.11. The first kappa shape index (κ1) is 10.5. The molecule has 0 saturated carbocycles. The Morgan fingerprint density at radius 2 is 2.23 bits per heavy atom. The third-order valence-corrected chi connectivity index (χ3v) is 2.20. The van der Waals surface area contributed by atoms with Crippen LogP contribution in [0.25, 0.3) is 0 Å². The minimum atomic E-state index is -0.312. The highest BCUT2D eigenvalue weighted by Crippen LogP contribution is 2.21. The molecule has 0 amide bonds. The zero-order valence-electron chi connectivity index (χ0n) is 7.56. The lowest BCUT2D eigenvalue weighted by atomic mass is 10.0. The fraction of sp³-hybridized carbons (Fsp3) is 0.400. The van der Waals surface area contributed by atoms with Crippen molar-refractivity contribution in [2.45, 2.75) is 25.8 Å². The van der Waals surface area contributed by atoms with E-state index in [9.17, 15) is 4.39 Å². The molecule has 0 fully saturated rings. The van der Waals surface area contributed by atoms with Crippen LogP contribution in [0.5, 0.6) is 0 Å². The van der Waals surface area contributed by atoms with Crippen LogP contribution in [-0.4, -0.2) is 0 Å². The Kier molecular flexibility index (Phi) is 3.70. The topological polar surface area (TPSA) is 26.0 Å². The van der Waals surface area contributed by atoms with Crippen LogP contribution in [0.3, 0.4) is 0 Å². The minimum absolute atomic E-state index is 0.220. The molecule has 0 heterocycles. The van der Waals surface area contributed by atoms with Crippen LogP contribution in [0.4, 0.5) is 4.39 Å². The standard InChI is InChI=1S/C10H13ClFN/c1-2-3-10(13)8-5-4-7(11)6-9(8)12/h4-6,10H,2-3,13H2,1H3. The quantitative estimate of drug-likeness (QED) is 0.798. The predicted octanol–water partition coefficient (Wildman–Crippen LogP) is 3.28. The van der Waals surface area contributed by atoms with Crippen molar-refractivity contribution < 1.29 is 4.39 Å². The smallest absolute Gasteiger partial charge is 0.129 e. The van der Waals surface area contributed by atoms with Gasteiger partial charge in [-0.1, -0.05) is 31.0 Å². The van der Waals surface area contributed by atoms with Gasteiger partial charge in [-0.25, -0.2) is 4.39 Å². The molecular formula is C10H13ClFN. The maximum Gasteiger partial charge on any atom is 0.129 e. The summed E-state index contributed by atoms with van der Waals surface area (Å²) in [5, 5.41) is 0.407. The lowest BCUT2D eigenvalue weighted by molar-refractivity contribution is 0.560. The molecule has 0 aliphatic rings. The fourth-order valence-electron chi connectivity index (χ4n) is 1.27. The number of benzene rings is 1. The van der Waals surface area contributed by atoms with Gasteiger partial charge in [-0.15, -0.1) is 0 Å². The van der Waals surface area contributed by atoms with Crippen LogP contribution in [-0.2, 0) is 0 Å². The summed E-state index contributed by atoms with van der Waals surface area (Å²) in [6.07, 6.45) is 1.74. The number of hydrogen-bond acceptors (Lipinski definition) is 1. The Bertz CT molecular complexity index is 288. The van der Waals surface area contributed by atoms with E-state index in [1.807, 2.05) is 6.92 Å². The van der Waals surface area contributed by atoms with Crippen LogP contribution < -0.4 is 5.73 Å². The molecule has 1 rings (SSSR count). The summed E-state index contributed by atoms with van der Waals surface area (Å²) in [7, 11) is 0. The maximum atomic E-state index is 13.3. The Labute approximate surface area is 82.7 Å². The van der Waals surface area contributed by atoms with Gasteiger partial charge in [0.05, 0.1) is 0 Å². The molecule has 0 spiro atoms. The van der Waals surface area contributed by atoms with Crippen molar-refractivity contribution in [2.75, 3.05) is 0 Å². The molecule has 1 aromatic carbocycles. The van der Waals surface area contributed by atoms with Crippen LogP contribution >= 0.6 is 11.6 Å². The van der Waals surface area contributed by atoms with E-state index in [0.29, 0.717) is 10.6 Å². The highest BCUT2D eigenvalue weighted by Gasteiger charge is 2.10. The molecular weight excluding hydrogens is 189 g/mol. The van der Waals surface area contributed by atoms with Gasteiger partial charge in [-0.2, -0.15) is 0 Å². The second-order valence-corrected chi connectivity index (χ2v) is 3.50. The molecule has 1 nitrogen and oxygen atoms in total. The van der Waals surface area contributed by atoms with Crippen molar-refractivity contribution in [1.82, 2.24) is 0 Å². The average Bonchev–Trinajstić information content (AvgIpc) is 2.04. The van der Waals surface area contributed by atoms with E-state index in [-0.39, 0.29) is 11.9 Å². The number of rotatable bonds is 3. The van der Waals surface area contributed by atoms with Crippen molar-refractivity contribution in [3.63, 3.8) is 0 Å². The zero-order valence-corrected chi connectivity index (χ0v) is 8.31. The Balaban J connectivity index is 2.88. The van der Waals surface area contributed by atoms with Gasteiger partial charge in [0.15, 0.2) is 0 Å². The van der Waals surface area contributed by atoms with Crippen LogP contribution in [0.2, 0.25) is 5.02 Å². The molecule has 72 valence electrons. The summed E-state index contributed by atoms with van der Waals surface area (Å²) in [5.74, 6) is -0.312. The number of hydrogen-bond donors (Lipinski definition) is 1. The molecule has 0 aliphatic carbocycles. The number of halogens is 2. The lowest BCUT2D eigenvalue weighted by Gasteiger charge is -2.11. The SMILES string of the molecule is CCCC(N)c1ccc(Cl)cc1F. The number of nitrogens with two attached hydrogens (primary N) is 1. The molecule has 0 radical (unpaired) electrons. The third-order valence-electron chi connectivity index (χ3n) is 1.96. The maximum absolute atomic E-state index is 13.3. The van der Waals surface area contributed by atoms with Crippen molar-refractivity contribution >= 4 is 11.6 Å². The van der Waals surface area contributed by atoms with E-state index < -0.39 is 0 Å². The molecule has 0 saturated heterocycles. The first-order chi connectivity index (χ1) is 6.15. The summed E-state index contributed by atoms with van der Waals surface area (Å²) in [6.45, 7) is 2.02.